The summed E-state index contributed by atoms with van der Waals surface area (Å²) in [4.78, 5) is 16.9. The van der Waals surface area contributed by atoms with E-state index in [1.807, 2.05) is 48.5 Å². The van der Waals surface area contributed by atoms with Crippen LogP contribution in [-0.2, 0) is 6.42 Å². The second kappa shape index (κ2) is 7.85. The number of nitrogens with zero attached hydrogens (tertiary/aromatic N) is 1. The van der Waals surface area contributed by atoms with Crippen LogP contribution in [0.4, 0.5) is 0 Å². The second-order valence-corrected chi connectivity index (χ2v) is 7.08. The molecule has 3 aromatic rings. The van der Waals surface area contributed by atoms with Crippen molar-refractivity contribution >= 4 is 28.5 Å². The van der Waals surface area contributed by atoms with Crippen LogP contribution in [0.3, 0.4) is 0 Å². The molecule has 0 radical (unpaired) electrons. The van der Waals surface area contributed by atoms with Gasteiger partial charge in [-0.15, -0.1) is 0 Å². The Morgan fingerprint density at radius 3 is 2.68 bits per heavy atom. The van der Waals surface area contributed by atoms with Crippen LogP contribution in [0.5, 0.6) is 5.75 Å². The molecule has 0 spiro atoms. The molecule has 2 aromatic carbocycles. The van der Waals surface area contributed by atoms with Crippen LogP contribution < -0.4 is 4.74 Å². The van der Waals surface area contributed by atoms with Gasteiger partial charge < -0.3 is 9.84 Å². The van der Waals surface area contributed by atoms with Crippen molar-refractivity contribution in [2.45, 2.75) is 32.6 Å². The molecule has 0 atom stereocenters. The van der Waals surface area contributed by atoms with Gasteiger partial charge in [-0.3, -0.25) is 0 Å². The summed E-state index contributed by atoms with van der Waals surface area (Å²) in [7, 11) is 0. The lowest BCUT2D eigenvalue weighted by atomic mass is 9.86. The number of ether oxygens (including phenoxy) is 1. The Morgan fingerprint density at radius 1 is 1.14 bits per heavy atom. The van der Waals surface area contributed by atoms with E-state index in [0.29, 0.717) is 17.6 Å². The van der Waals surface area contributed by atoms with Gasteiger partial charge in [0.25, 0.3) is 0 Å². The first-order valence-electron chi connectivity index (χ1n) is 9.76. The predicted octanol–water partition coefficient (Wildman–Crippen LogP) is 5.60. The van der Waals surface area contributed by atoms with Crippen molar-refractivity contribution in [2.24, 2.45) is 0 Å². The molecule has 1 heterocycles. The SMILES string of the molecule is CCCOc1ccc(C=C2CCCc3c2nc2ccccc2c3C(=O)O)cc1. The van der Waals surface area contributed by atoms with Crippen molar-refractivity contribution in [1.82, 2.24) is 4.98 Å². The Hall–Kier alpha value is -3.14. The number of hydrogen-bond donors (Lipinski definition) is 1. The van der Waals surface area contributed by atoms with Crippen LogP contribution in [0, 0.1) is 0 Å². The van der Waals surface area contributed by atoms with E-state index in [1.54, 1.807) is 0 Å². The van der Waals surface area contributed by atoms with Crippen LogP contribution in [0.1, 0.15) is 53.4 Å². The summed E-state index contributed by atoms with van der Waals surface area (Å²) < 4.78 is 5.65. The number of aromatic nitrogens is 1. The third-order valence-corrected chi connectivity index (χ3v) is 5.08. The maximum Gasteiger partial charge on any atom is 0.336 e. The molecule has 0 fully saturated rings. The number of para-hydroxylation sites is 1. The predicted molar refractivity (Wildman–Crippen MR) is 112 cm³/mol. The molecule has 0 aliphatic heterocycles. The number of allylic oxidation sites excluding steroid dienone is 1. The number of carboxylic acid groups (broad SMARTS) is 1. The van der Waals surface area contributed by atoms with E-state index in [-0.39, 0.29) is 0 Å². The van der Waals surface area contributed by atoms with Crippen LogP contribution in [0.15, 0.2) is 48.5 Å². The average molecular weight is 373 g/mol. The zero-order chi connectivity index (χ0) is 19.5. The first-order valence-corrected chi connectivity index (χ1v) is 9.76. The maximum atomic E-state index is 12.0. The summed E-state index contributed by atoms with van der Waals surface area (Å²) >= 11 is 0. The molecular weight excluding hydrogens is 350 g/mol. The van der Waals surface area contributed by atoms with Gasteiger partial charge in [0.05, 0.1) is 23.4 Å². The second-order valence-electron chi connectivity index (χ2n) is 7.08. The molecule has 1 N–H and O–H groups in total. The molecule has 142 valence electrons. The van der Waals surface area contributed by atoms with E-state index >= 15 is 0 Å². The summed E-state index contributed by atoms with van der Waals surface area (Å²) in [6.45, 7) is 2.80. The number of rotatable bonds is 5. The summed E-state index contributed by atoms with van der Waals surface area (Å²) in [6, 6.07) is 15.5. The molecule has 0 bridgehead atoms. The van der Waals surface area contributed by atoms with Crippen molar-refractivity contribution in [3.63, 3.8) is 0 Å². The number of aromatic carboxylic acids is 1. The first kappa shape index (κ1) is 18.2. The Morgan fingerprint density at radius 2 is 1.93 bits per heavy atom. The van der Waals surface area contributed by atoms with E-state index < -0.39 is 5.97 Å². The molecule has 0 amide bonds. The number of fused-ring (bicyclic) bond motifs is 2. The topological polar surface area (TPSA) is 59.4 Å². The van der Waals surface area contributed by atoms with Crippen LogP contribution >= 0.6 is 0 Å². The molecule has 1 aromatic heterocycles. The molecule has 1 aliphatic carbocycles. The van der Waals surface area contributed by atoms with E-state index in [9.17, 15) is 9.90 Å². The highest BCUT2D eigenvalue weighted by molar-refractivity contribution is 6.05. The van der Waals surface area contributed by atoms with Gasteiger partial charge in [0.1, 0.15) is 5.75 Å². The van der Waals surface area contributed by atoms with Gasteiger partial charge in [0, 0.05) is 5.39 Å². The fourth-order valence-electron chi connectivity index (χ4n) is 3.80. The molecule has 28 heavy (non-hydrogen) atoms. The van der Waals surface area contributed by atoms with Gasteiger partial charge in [-0.2, -0.15) is 0 Å². The molecule has 0 saturated heterocycles. The number of carboxylic acids is 1. The minimum Gasteiger partial charge on any atom is -0.494 e. The standard InChI is InChI=1S/C24H23NO3/c1-2-14-28-18-12-10-16(11-13-18)15-17-6-5-8-20-22(24(26)27)19-7-3-4-9-21(19)25-23(17)20/h3-4,7,9-13,15H,2,5-6,8,14H2,1H3,(H,26,27). The highest BCUT2D eigenvalue weighted by atomic mass is 16.5. The van der Waals surface area contributed by atoms with E-state index in [0.717, 1.165) is 59.3 Å². The molecule has 1 aliphatic rings. The van der Waals surface area contributed by atoms with Gasteiger partial charge in [-0.1, -0.05) is 37.3 Å². The van der Waals surface area contributed by atoms with Crippen LogP contribution in [0.2, 0.25) is 0 Å². The van der Waals surface area contributed by atoms with Crippen molar-refractivity contribution in [1.29, 1.82) is 0 Å². The summed E-state index contributed by atoms with van der Waals surface area (Å²) in [5.74, 6) is -0.0150. The van der Waals surface area contributed by atoms with Crippen molar-refractivity contribution in [3.05, 3.63) is 70.9 Å². The molecule has 0 unspecified atom stereocenters. The number of benzene rings is 2. The highest BCUT2D eigenvalue weighted by Gasteiger charge is 2.24. The Kier molecular flexibility index (Phi) is 5.11. The minimum absolute atomic E-state index is 0.398. The monoisotopic (exact) mass is 373 g/mol. The highest BCUT2D eigenvalue weighted by Crippen LogP contribution is 2.36. The minimum atomic E-state index is -0.881. The van der Waals surface area contributed by atoms with Crippen LogP contribution in [-0.4, -0.2) is 22.7 Å². The Bertz CT molecular complexity index is 1050. The zero-order valence-corrected chi connectivity index (χ0v) is 15.9. The number of carbonyl (C=O) groups is 1. The van der Waals surface area contributed by atoms with Crippen molar-refractivity contribution in [3.8, 4) is 5.75 Å². The number of hydrogen-bond acceptors (Lipinski definition) is 3. The van der Waals surface area contributed by atoms with Crippen molar-refractivity contribution < 1.29 is 14.6 Å². The van der Waals surface area contributed by atoms with Gasteiger partial charge >= 0.3 is 5.97 Å². The first-order chi connectivity index (χ1) is 13.7. The molecular formula is C24H23NO3. The third kappa shape index (κ3) is 3.50. The van der Waals surface area contributed by atoms with Gasteiger partial charge in [-0.25, -0.2) is 9.78 Å². The molecule has 4 heteroatoms. The molecule has 0 saturated carbocycles. The molecule has 4 nitrogen and oxygen atoms in total. The summed E-state index contributed by atoms with van der Waals surface area (Å²) in [5, 5.41) is 10.6. The van der Waals surface area contributed by atoms with E-state index in [2.05, 4.69) is 13.0 Å². The lowest BCUT2D eigenvalue weighted by Gasteiger charge is -2.21. The molecule has 4 rings (SSSR count). The lowest BCUT2D eigenvalue weighted by molar-refractivity contribution is 0.0697. The van der Waals surface area contributed by atoms with E-state index in [4.69, 9.17) is 9.72 Å². The van der Waals surface area contributed by atoms with Gasteiger partial charge in [0.15, 0.2) is 0 Å². The Labute approximate surface area is 164 Å². The van der Waals surface area contributed by atoms with Crippen LogP contribution in [0.25, 0.3) is 22.6 Å². The summed E-state index contributed by atoms with van der Waals surface area (Å²) in [6.07, 6.45) is 5.67. The zero-order valence-electron chi connectivity index (χ0n) is 15.9. The third-order valence-electron chi connectivity index (χ3n) is 5.08. The van der Waals surface area contributed by atoms with E-state index in [1.165, 1.54) is 0 Å². The maximum absolute atomic E-state index is 12.0. The number of pyridine rings is 1. The van der Waals surface area contributed by atoms with Crippen molar-refractivity contribution in [2.75, 3.05) is 6.61 Å². The fourth-order valence-corrected chi connectivity index (χ4v) is 3.80. The smallest absolute Gasteiger partial charge is 0.336 e. The summed E-state index contributed by atoms with van der Waals surface area (Å²) in [5.41, 5.74) is 4.97. The van der Waals surface area contributed by atoms with Gasteiger partial charge in [0.2, 0.25) is 0 Å². The largest absolute Gasteiger partial charge is 0.494 e. The lowest BCUT2D eigenvalue weighted by Crippen LogP contribution is -2.13. The quantitative estimate of drug-likeness (QED) is 0.632. The van der Waals surface area contributed by atoms with Gasteiger partial charge in [-0.05, 0) is 66.7 Å². The Balaban J connectivity index is 1.78. The normalized spacial score (nSPS) is 14.8. The average Bonchev–Trinajstić information content (AvgIpc) is 2.71. The fraction of sp³-hybridized carbons (Fsp3) is 0.250.